The largest absolute Gasteiger partial charge is 0.478 e. The Morgan fingerprint density at radius 3 is 2.44 bits per heavy atom. The lowest BCUT2D eigenvalue weighted by atomic mass is 10.1. The van der Waals surface area contributed by atoms with Crippen LogP contribution >= 0.6 is 23.2 Å². The maximum Gasteiger partial charge on any atom is 0.338 e. The summed E-state index contributed by atoms with van der Waals surface area (Å²) in [7, 11) is 0. The molecule has 1 aromatic carbocycles. The maximum absolute atomic E-state index is 13.0. The second-order valence-electron chi connectivity index (χ2n) is 3.45. The molecule has 2 rings (SSSR count). The van der Waals surface area contributed by atoms with Crippen LogP contribution < -0.4 is 0 Å². The van der Waals surface area contributed by atoms with Crippen molar-refractivity contribution in [2.75, 3.05) is 0 Å². The van der Waals surface area contributed by atoms with Crippen molar-refractivity contribution in [1.82, 2.24) is 4.98 Å². The van der Waals surface area contributed by atoms with Gasteiger partial charge in [0.05, 0.1) is 27.5 Å². The summed E-state index contributed by atoms with van der Waals surface area (Å²) in [6, 6.07) is 5.61. The average Bonchev–Trinajstić information content (AvgIpc) is 2.30. The fraction of sp³-hybridized carbons (Fsp3) is 0. The summed E-state index contributed by atoms with van der Waals surface area (Å²) in [6.07, 6.45) is 0.918. The summed E-state index contributed by atoms with van der Waals surface area (Å²) in [4.78, 5) is 14.8. The molecule has 92 valence electrons. The summed E-state index contributed by atoms with van der Waals surface area (Å²) in [6.45, 7) is 0. The van der Waals surface area contributed by atoms with Gasteiger partial charge in [0.2, 0.25) is 0 Å². The molecular formula is C12H6Cl2FNO2. The predicted molar refractivity (Wildman–Crippen MR) is 66.6 cm³/mol. The molecule has 0 aliphatic carbocycles. The standard InChI is InChI=1S/C12H6Cl2FNO2/c13-8-2-1-3-9(14)10(8)11-7(12(17)18)4-6(15)5-16-11/h1-5H,(H,17,18). The smallest absolute Gasteiger partial charge is 0.338 e. The van der Waals surface area contributed by atoms with Gasteiger partial charge in [-0.2, -0.15) is 0 Å². The Morgan fingerprint density at radius 2 is 1.89 bits per heavy atom. The summed E-state index contributed by atoms with van der Waals surface area (Å²) in [5.74, 6) is -2.03. The highest BCUT2D eigenvalue weighted by molar-refractivity contribution is 6.39. The van der Waals surface area contributed by atoms with Crippen molar-refractivity contribution >= 4 is 29.2 Å². The Hall–Kier alpha value is -1.65. The average molecular weight is 286 g/mol. The second-order valence-corrected chi connectivity index (χ2v) is 4.27. The molecular weight excluding hydrogens is 280 g/mol. The van der Waals surface area contributed by atoms with Gasteiger partial charge in [0.15, 0.2) is 0 Å². The predicted octanol–water partition coefficient (Wildman–Crippen LogP) is 3.89. The number of rotatable bonds is 2. The van der Waals surface area contributed by atoms with Gasteiger partial charge < -0.3 is 5.11 Å². The molecule has 0 atom stereocenters. The molecule has 0 spiro atoms. The van der Waals surface area contributed by atoms with Gasteiger partial charge in [0.25, 0.3) is 0 Å². The zero-order valence-electron chi connectivity index (χ0n) is 8.82. The minimum Gasteiger partial charge on any atom is -0.478 e. The lowest BCUT2D eigenvalue weighted by Gasteiger charge is -2.09. The van der Waals surface area contributed by atoms with Crippen LogP contribution in [0.2, 0.25) is 10.0 Å². The molecule has 3 nitrogen and oxygen atoms in total. The first-order valence-electron chi connectivity index (χ1n) is 4.84. The molecule has 0 fully saturated rings. The van der Waals surface area contributed by atoms with Gasteiger partial charge >= 0.3 is 5.97 Å². The van der Waals surface area contributed by atoms with Gasteiger partial charge in [-0.1, -0.05) is 29.3 Å². The number of pyridine rings is 1. The molecule has 0 radical (unpaired) electrons. The first-order chi connectivity index (χ1) is 8.50. The molecule has 0 bridgehead atoms. The fourth-order valence-electron chi connectivity index (χ4n) is 1.53. The Balaban J connectivity index is 2.75. The molecule has 18 heavy (non-hydrogen) atoms. The number of halogens is 3. The number of benzene rings is 1. The highest BCUT2D eigenvalue weighted by Crippen LogP contribution is 2.35. The molecule has 1 aromatic heterocycles. The van der Waals surface area contributed by atoms with Crippen LogP contribution in [0.15, 0.2) is 30.5 Å². The third-order valence-corrected chi connectivity index (χ3v) is 2.91. The second kappa shape index (κ2) is 4.92. The van der Waals surface area contributed by atoms with E-state index in [1.54, 1.807) is 18.2 Å². The number of hydrogen-bond acceptors (Lipinski definition) is 2. The maximum atomic E-state index is 13.0. The van der Waals surface area contributed by atoms with E-state index in [2.05, 4.69) is 4.98 Å². The highest BCUT2D eigenvalue weighted by atomic mass is 35.5. The lowest BCUT2D eigenvalue weighted by molar-refractivity contribution is 0.0697. The molecule has 2 aromatic rings. The minimum atomic E-state index is -1.30. The van der Waals surface area contributed by atoms with Crippen LogP contribution in [0.3, 0.4) is 0 Å². The van der Waals surface area contributed by atoms with Crippen molar-refractivity contribution in [2.45, 2.75) is 0 Å². The third kappa shape index (κ3) is 2.30. The van der Waals surface area contributed by atoms with E-state index in [0.717, 1.165) is 12.3 Å². The molecule has 0 saturated carbocycles. The summed E-state index contributed by atoms with van der Waals surface area (Å²) >= 11 is 11.9. The molecule has 1 N–H and O–H groups in total. The Labute approximate surface area is 112 Å². The van der Waals surface area contributed by atoms with Crippen LogP contribution in [-0.2, 0) is 0 Å². The van der Waals surface area contributed by atoms with Crippen molar-refractivity contribution in [3.05, 3.63) is 51.9 Å². The van der Waals surface area contributed by atoms with Crippen LogP contribution in [-0.4, -0.2) is 16.1 Å². The summed E-state index contributed by atoms with van der Waals surface area (Å²) in [5.41, 5.74) is 0.0303. The highest BCUT2D eigenvalue weighted by Gasteiger charge is 2.18. The Bertz CT molecular complexity index is 611. The minimum absolute atomic E-state index is 0.0412. The number of aromatic nitrogens is 1. The van der Waals surface area contributed by atoms with E-state index in [9.17, 15) is 9.18 Å². The van der Waals surface area contributed by atoms with Crippen molar-refractivity contribution in [2.24, 2.45) is 0 Å². The molecule has 0 saturated heterocycles. The normalized spacial score (nSPS) is 10.4. The molecule has 0 unspecified atom stereocenters. The third-order valence-electron chi connectivity index (χ3n) is 2.28. The molecule has 0 aliphatic rings. The zero-order chi connectivity index (χ0) is 13.3. The van der Waals surface area contributed by atoms with Crippen molar-refractivity contribution in [3.63, 3.8) is 0 Å². The number of nitrogens with zero attached hydrogens (tertiary/aromatic N) is 1. The lowest BCUT2D eigenvalue weighted by Crippen LogP contribution is -2.03. The van der Waals surface area contributed by atoms with Gasteiger partial charge in [-0.25, -0.2) is 9.18 Å². The topological polar surface area (TPSA) is 50.2 Å². The monoisotopic (exact) mass is 285 g/mol. The van der Waals surface area contributed by atoms with E-state index in [4.69, 9.17) is 28.3 Å². The van der Waals surface area contributed by atoms with Crippen LogP contribution in [0.5, 0.6) is 0 Å². The number of hydrogen-bond donors (Lipinski definition) is 1. The molecule has 6 heteroatoms. The fourth-order valence-corrected chi connectivity index (χ4v) is 2.10. The van der Waals surface area contributed by atoms with Crippen LogP contribution in [0.25, 0.3) is 11.3 Å². The first kappa shape index (κ1) is 12.8. The van der Waals surface area contributed by atoms with Crippen molar-refractivity contribution in [3.8, 4) is 11.3 Å². The van der Waals surface area contributed by atoms with Gasteiger partial charge in [-0.15, -0.1) is 0 Å². The van der Waals surface area contributed by atoms with E-state index in [0.29, 0.717) is 0 Å². The van der Waals surface area contributed by atoms with E-state index >= 15 is 0 Å². The van der Waals surface area contributed by atoms with Crippen molar-refractivity contribution < 1.29 is 14.3 Å². The molecule has 0 aliphatic heterocycles. The number of carbonyl (C=O) groups is 1. The number of aromatic carboxylic acids is 1. The Morgan fingerprint density at radius 1 is 1.28 bits per heavy atom. The first-order valence-corrected chi connectivity index (χ1v) is 5.59. The van der Waals surface area contributed by atoms with E-state index in [1.165, 1.54) is 0 Å². The van der Waals surface area contributed by atoms with Crippen LogP contribution in [0, 0.1) is 5.82 Å². The van der Waals surface area contributed by atoms with Crippen LogP contribution in [0.4, 0.5) is 4.39 Å². The number of carboxylic acids is 1. The van der Waals surface area contributed by atoms with Gasteiger partial charge in [0.1, 0.15) is 5.82 Å². The van der Waals surface area contributed by atoms with Gasteiger partial charge in [0, 0.05) is 5.56 Å². The van der Waals surface area contributed by atoms with Crippen LogP contribution in [0.1, 0.15) is 10.4 Å². The van der Waals surface area contributed by atoms with Gasteiger partial charge in [-0.05, 0) is 18.2 Å². The van der Waals surface area contributed by atoms with E-state index in [-0.39, 0.29) is 26.9 Å². The zero-order valence-corrected chi connectivity index (χ0v) is 10.3. The van der Waals surface area contributed by atoms with E-state index in [1.807, 2.05) is 0 Å². The summed E-state index contributed by atoms with van der Waals surface area (Å²) < 4.78 is 13.0. The van der Waals surface area contributed by atoms with Gasteiger partial charge in [-0.3, -0.25) is 4.98 Å². The molecule has 1 heterocycles. The summed E-state index contributed by atoms with van der Waals surface area (Å²) in [5, 5.41) is 9.55. The SMILES string of the molecule is O=C(O)c1cc(F)cnc1-c1c(Cl)cccc1Cl. The Kier molecular flexibility index (Phi) is 3.50. The van der Waals surface area contributed by atoms with E-state index < -0.39 is 11.8 Å². The quantitative estimate of drug-likeness (QED) is 0.911. The number of carboxylic acid groups (broad SMARTS) is 1. The molecule has 0 amide bonds. The van der Waals surface area contributed by atoms with Crippen molar-refractivity contribution in [1.29, 1.82) is 0 Å².